The fourth-order valence-electron chi connectivity index (χ4n) is 2.71. The summed E-state index contributed by atoms with van der Waals surface area (Å²) in [5.41, 5.74) is 4.29. The Morgan fingerprint density at radius 2 is 1.90 bits per heavy atom. The maximum Gasteiger partial charge on any atom is 0.230 e. The highest BCUT2D eigenvalue weighted by molar-refractivity contribution is 8.00. The summed E-state index contributed by atoms with van der Waals surface area (Å²) >= 11 is 3.20. The van der Waals surface area contributed by atoms with E-state index in [0.29, 0.717) is 17.1 Å². The summed E-state index contributed by atoms with van der Waals surface area (Å²) in [4.78, 5) is 28.3. The maximum absolute atomic E-state index is 12.5. The van der Waals surface area contributed by atoms with Crippen molar-refractivity contribution in [3.05, 3.63) is 64.7 Å². The van der Waals surface area contributed by atoms with Crippen molar-refractivity contribution in [2.45, 2.75) is 30.4 Å². The summed E-state index contributed by atoms with van der Waals surface area (Å²) < 4.78 is 6.23. The second-order valence-electron chi connectivity index (χ2n) is 6.70. The monoisotopic (exact) mass is 441 g/mol. The van der Waals surface area contributed by atoms with Gasteiger partial charge in [-0.05, 0) is 30.7 Å². The minimum absolute atomic E-state index is 0.162. The van der Waals surface area contributed by atoms with Gasteiger partial charge in [0.05, 0.1) is 24.9 Å². The van der Waals surface area contributed by atoms with Gasteiger partial charge in [0.25, 0.3) is 0 Å². The summed E-state index contributed by atoms with van der Waals surface area (Å²) in [6, 6.07) is 13.5. The van der Waals surface area contributed by atoms with Gasteiger partial charge in [-0.1, -0.05) is 41.6 Å². The Morgan fingerprint density at radius 3 is 2.60 bits per heavy atom. The lowest BCUT2D eigenvalue weighted by Crippen LogP contribution is -2.15. The molecule has 0 unspecified atom stereocenters. The molecule has 0 aliphatic heterocycles. The van der Waals surface area contributed by atoms with Gasteiger partial charge < -0.3 is 15.4 Å². The Balaban J connectivity index is 1.58. The van der Waals surface area contributed by atoms with Crippen molar-refractivity contribution in [1.82, 2.24) is 4.98 Å². The zero-order valence-electron chi connectivity index (χ0n) is 17.0. The first kappa shape index (κ1) is 21.9. The van der Waals surface area contributed by atoms with E-state index in [4.69, 9.17) is 4.74 Å². The molecule has 0 aliphatic carbocycles. The Morgan fingerprint density at radius 1 is 1.13 bits per heavy atom. The number of benzene rings is 2. The number of aryl methyl sites for hydroxylation is 1. The minimum atomic E-state index is -0.200. The van der Waals surface area contributed by atoms with E-state index in [1.54, 1.807) is 30.0 Å². The van der Waals surface area contributed by atoms with Crippen LogP contribution in [0.25, 0.3) is 0 Å². The summed E-state index contributed by atoms with van der Waals surface area (Å²) in [5.74, 6) is 0.973. The van der Waals surface area contributed by atoms with Gasteiger partial charge in [-0.25, -0.2) is 4.98 Å². The van der Waals surface area contributed by atoms with Crippen LogP contribution in [0.1, 0.15) is 23.7 Å². The van der Waals surface area contributed by atoms with E-state index in [-0.39, 0.29) is 18.2 Å². The van der Waals surface area contributed by atoms with Crippen LogP contribution in [0.15, 0.2) is 52.2 Å². The molecule has 0 saturated heterocycles. The van der Waals surface area contributed by atoms with Crippen LogP contribution in [0.3, 0.4) is 0 Å². The fourth-order valence-corrected chi connectivity index (χ4v) is 4.51. The van der Waals surface area contributed by atoms with E-state index in [0.717, 1.165) is 15.8 Å². The van der Waals surface area contributed by atoms with Gasteiger partial charge >= 0.3 is 0 Å². The number of aromatic nitrogens is 1. The molecule has 0 fully saturated rings. The average molecular weight is 442 g/mol. The van der Waals surface area contributed by atoms with Crippen LogP contribution in [0.4, 0.5) is 11.4 Å². The molecule has 1 aromatic heterocycles. The van der Waals surface area contributed by atoms with Crippen molar-refractivity contribution in [2.75, 3.05) is 17.7 Å². The SMILES string of the molecule is COc1ccc(NC(C)=O)cc1NC(=O)Cc1csc(SCc2ccc(C)cc2)n1. The minimum Gasteiger partial charge on any atom is -0.495 e. The lowest BCUT2D eigenvalue weighted by Gasteiger charge is -2.12. The molecule has 0 bridgehead atoms. The zero-order valence-corrected chi connectivity index (χ0v) is 18.7. The van der Waals surface area contributed by atoms with E-state index in [2.05, 4.69) is 46.8 Å². The van der Waals surface area contributed by atoms with Crippen LogP contribution in [-0.2, 0) is 21.8 Å². The quantitative estimate of drug-likeness (QED) is 0.487. The molecule has 6 nitrogen and oxygen atoms in total. The number of carbonyl (C=O) groups is 2. The summed E-state index contributed by atoms with van der Waals surface area (Å²) in [7, 11) is 1.53. The second kappa shape index (κ2) is 10.3. The zero-order chi connectivity index (χ0) is 21.5. The predicted octanol–water partition coefficient (Wildman–Crippen LogP) is 4.89. The number of nitrogens with one attached hydrogen (secondary N) is 2. The van der Waals surface area contributed by atoms with Gasteiger partial charge in [-0.3, -0.25) is 9.59 Å². The lowest BCUT2D eigenvalue weighted by atomic mass is 10.2. The number of amides is 2. The third-order valence-electron chi connectivity index (χ3n) is 4.15. The molecule has 0 radical (unpaired) electrons. The van der Waals surface area contributed by atoms with Crippen molar-refractivity contribution < 1.29 is 14.3 Å². The molecule has 1 heterocycles. The van der Waals surface area contributed by atoms with Crippen LogP contribution >= 0.6 is 23.1 Å². The molecule has 156 valence electrons. The van der Waals surface area contributed by atoms with Crippen LogP contribution in [0.5, 0.6) is 5.75 Å². The largest absolute Gasteiger partial charge is 0.495 e. The topological polar surface area (TPSA) is 80.3 Å². The number of thiazole rings is 1. The molecule has 2 amide bonds. The molecule has 0 saturated carbocycles. The molecule has 3 rings (SSSR count). The highest BCUT2D eigenvalue weighted by Crippen LogP contribution is 2.29. The van der Waals surface area contributed by atoms with Crippen molar-refractivity contribution in [3.8, 4) is 5.75 Å². The van der Waals surface area contributed by atoms with Gasteiger partial charge in [-0.2, -0.15) is 0 Å². The molecule has 8 heteroatoms. The third-order valence-corrected chi connectivity index (χ3v) is 6.29. The number of hydrogen-bond donors (Lipinski definition) is 2. The Labute approximate surface area is 184 Å². The Hall–Kier alpha value is -2.84. The van der Waals surface area contributed by atoms with Crippen LogP contribution < -0.4 is 15.4 Å². The third kappa shape index (κ3) is 6.33. The van der Waals surface area contributed by atoms with Gasteiger partial charge in [0.1, 0.15) is 10.1 Å². The number of hydrogen-bond acceptors (Lipinski definition) is 6. The van der Waals surface area contributed by atoms with Crippen molar-refractivity contribution in [2.24, 2.45) is 0 Å². The molecular formula is C22H23N3O3S2. The van der Waals surface area contributed by atoms with Crippen LogP contribution in [-0.4, -0.2) is 23.9 Å². The van der Waals surface area contributed by atoms with Crippen LogP contribution in [0, 0.1) is 6.92 Å². The Kier molecular flexibility index (Phi) is 7.48. The number of nitrogens with zero attached hydrogens (tertiary/aromatic N) is 1. The first-order chi connectivity index (χ1) is 14.4. The average Bonchev–Trinajstić information content (AvgIpc) is 3.14. The highest BCUT2D eigenvalue weighted by Gasteiger charge is 2.12. The Bertz CT molecular complexity index is 1030. The molecule has 0 spiro atoms. The van der Waals surface area contributed by atoms with E-state index < -0.39 is 0 Å². The number of thioether (sulfide) groups is 1. The van der Waals surface area contributed by atoms with Crippen LogP contribution in [0.2, 0.25) is 0 Å². The molecule has 2 N–H and O–H groups in total. The smallest absolute Gasteiger partial charge is 0.230 e. The van der Waals surface area contributed by atoms with E-state index >= 15 is 0 Å². The molecule has 3 aromatic rings. The maximum atomic E-state index is 12.5. The summed E-state index contributed by atoms with van der Waals surface area (Å²) in [6.45, 7) is 3.50. The van der Waals surface area contributed by atoms with Gasteiger partial charge in [0.15, 0.2) is 0 Å². The molecular weight excluding hydrogens is 418 g/mol. The van der Waals surface area contributed by atoms with Gasteiger partial charge in [0, 0.05) is 23.7 Å². The summed E-state index contributed by atoms with van der Waals surface area (Å²) in [6.07, 6.45) is 0.162. The number of carbonyl (C=O) groups excluding carboxylic acids is 2. The summed E-state index contributed by atoms with van der Waals surface area (Å²) in [5, 5.41) is 7.44. The molecule has 0 atom stereocenters. The molecule has 0 aliphatic rings. The van der Waals surface area contributed by atoms with E-state index in [9.17, 15) is 9.59 Å². The van der Waals surface area contributed by atoms with Crippen molar-refractivity contribution >= 4 is 46.3 Å². The first-order valence-corrected chi connectivity index (χ1v) is 11.2. The fraction of sp³-hybridized carbons (Fsp3) is 0.227. The number of methoxy groups -OCH3 is 1. The normalized spacial score (nSPS) is 10.5. The first-order valence-electron chi connectivity index (χ1n) is 9.31. The molecule has 2 aromatic carbocycles. The standard InChI is InChI=1S/C22H23N3O3S2/c1-14-4-6-16(7-5-14)12-29-22-24-18(13-30-22)11-21(27)25-19-10-17(23-15(2)26)8-9-20(19)28-3/h4-10,13H,11-12H2,1-3H3,(H,23,26)(H,25,27). The van der Waals surface area contributed by atoms with E-state index in [1.807, 2.05) is 5.38 Å². The number of rotatable bonds is 8. The second-order valence-corrected chi connectivity index (χ2v) is 8.78. The van der Waals surface area contributed by atoms with Gasteiger partial charge in [0.2, 0.25) is 11.8 Å². The van der Waals surface area contributed by atoms with E-state index in [1.165, 1.54) is 36.5 Å². The lowest BCUT2D eigenvalue weighted by molar-refractivity contribution is -0.116. The molecule has 30 heavy (non-hydrogen) atoms. The van der Waals surface area contributed by atoms with Crippen molar-refractivity contribution in [3.63, 3.8) is 0 Å². The highest BCUT2D eigenvalue weighted by atomic mass is 32.2. The number of ether oxygens (including phenoxy) is 1. The predicted molar refractivity (Wildman–Crippen MR) is 122 cm³/mol. The van der Waals surface area contributed by atoms with Crippen molar-refractivity contribution in [1.29, 1.82) is 0 Å². The number of anilines is 2. The van der Waals surface area contributed by atoms with Gasteiger partial charge in [-0.15, -0.1) is 11.3 Å².